The monoisotopic (exact) mass is 346 g/mol. The SMILES string of the molecule is CC(C)n1nccc1-c1cccc(NC(=O)c2nc3ccccc3[nH]2)n1. The molecule has 2 N–H and O–H groups in total. The Morgan fingerprint density at radius 2 is 1.92 bits per heavy atom. The third kappa shape index (κ3) is 2.95. The summed E-state index contributed by atoms with van der Waals surface area (Å²) in [6, 6.07) is 15.1. The Hall–Kier alpha value is -3.48. The van der Waals surface area contributed by atoms with E-state index in [0.717, 1.165) is 22.4 Å². The van der Waals surface area contributed by atoms with E-state index in [-0.39, 0.29) is 17.8 Å². The van der Waals surface area contributed by atoms with E-state index in [4.69, 9.17) is 0 Å². The van der Waals surface area contributed by atoms with Crippen LogP contribution in [0.15, 0.2) is 54.7 Å². The molecule has 0 saturated heterocycles. The van der Waals surface area contributed by atoms with E-state index < -0.39 is 0 Å². The largest absolute Gasteiger partial charge is 0.334 e. The van der Waals surface area contributed by atoms with Crippen molar-refractivity contribution in [1.29, 1.82) is 0 Å². The minimum absolute atomic E-state index is 0.218. The maximum Gasteiger partial charge on any atom is 0.292 e. The summed E-state index contributed by atoms with van der Waals surface area (Å²) in [4.78, 5) is 24.4. The molecule has 0 aliphatic heterocycles. The van der Waals surface area contributed by atoms with Gasteiger partial charge in [0, 0.05) is 12.2 Å². The molecule has 0 saturated carbocycles. The van der Waals surface area contributed by atoms with Crippen LogP contribution in [0.2, 0.25) is 0 Å². The van der Waals surface area contributed by atoms with Gasteiger partial charge in [-0.05, 0) is 44.2 Å². The smallest absolute Gasteiger partial charge is 0.292 e. The van der Waals surface area contributed by atoms with Crippen molar-refractivity contribution < 1.29 is 4.79 Å². The van der Waals surface area contributed by atoms with Crippen molar-refractivity contribution in [2.45, 2.75) is 19.9 Å². The molecule has 0 aliphatic carbocycles. The number of imidazole rings is 1. The molecule has 3 heterocycles. The minimum atomic E-state index is -0.330. The van der Waals surface area contributed by atoms with Crippen molar-refractivity contribution in [1.82, 2.24) is 24.7 Å². The fourth-order valence-corrected chi connectivity index (χ4v) is 2.81. The van der Waals surface area contributed by atoms with E-state index in [1.165, 1.54) is 0 Å². The van der Waals surface area contributed by atoms with Crippen LogP contribution in [0.1, 0.15) is 30.5 Å². The van der Waals surface area contributed by atoms with Crippen molar-refractivity contribution in [3.8, 4) is 11.4 Å². The van der Waals surface area contributed by atoms with E-state index in [9.17, 15) is 4.79 Å². The van der Waals surface area contributed by atoms with E-state index in [1.54, 1.807) is 12.3 Å². The predicted octanol–water partition coefficient (Wildman–Crippen LogP) is 3.65. The molecule has 0 radical (unpaired) electrons. The number of fused-ring (bicyclic) bond motifs is 1. The molecule has 3 aromatic heterocycles. The van der Waals surface area contributed by atoms with Crippen LogP contribution >= 0.6 is 0 Å². The molecule has 0 bridgehead atoms. The van der Waals surface area contributed by atoms with Gasteiger partial charge in [-0.1, -0.05) is 18.2 Å². The molecule has 4 aromatic rings. The number of aromatic nitrogens is 5. The number of H-pyrrole nitrogens is 1. The molecule has 7 heteroatoms. The molecule has 0 atom stereocenters. The quantitative estimate of drug-likeness (QED) is 0.590. The highest BCUT2D eigenvalue weighted by atomic mass is 16.2. The molecule has 1 aromatic carbocycles. The number of rotatable bonds is 4. The van der Waals surface area contributed by atoms with Crippen LogP contribution in [0.4, 0.5) is 5.82 Å². The molecule has 26 heavy (non-hydrogen) atoms. The summed E-state index contributed by atoms with van der Waals surface area (Å²) in [6.45, 7) is 4.12. The lowest BCUT2D eigenvalue weighted by Gasteiger charge is -2.11. The number of anilines is 1. The lowest BCUT2D eigenvalue weighted by molar-refractivity contribution is 0.101. The van der Waals surface area contributed by atoms with Crippen molar-refractivity contribution >= 4 is 22.8 Å². The first-order valence-corrected chi connectivity index (χ1v) is 8.39. The molecule has 0 aliphatic rings. The molecular weight excluding hydrogens is 328 g/mol. The number of benzene rings is 1. The van der Waals surface area contributed by atoms with Gasteiger partial charge in [0.15, 0.2) is 5.82 Å². The average molecular weight is 346 g/mol. The van der Waals surface area contributed by atoms with Crippen LogP contribution < -0.4 is 5.32 Å². The number of para-hydroxylation sites is 2. The van der Waals surface area contributed by atoms with Gasteiger partial charge < -0.3 is 10.3 Å². The third-order valence-electron chi connectivity index (χ3n) is 4.02. The Bertz CT molecular complexity index is 1050. The predicted molar refractivity (Wildman–Crippen MR) is 99.9 cm³/mol. The average Bonchev–Trinajstić information content (AvgIpc) is 3.29. The maximum atomic E-state index is 12.5. The Balaban J connectivity index is 1.60. The number of pyridine rings is 1. The van der Waals surface area contributed by atoms with E-state index in [1.807, 2.05) is 47.1 Å². The molecule has 1 amide bonds. The van der Waals surface area contributed by atoms with Crippen molar-refractivity contribution in [3.63, 3.8) is 0 Å². The lowest BCUT2D eigenvalue weighted by Crippen LogP contribution is -2.15. The molecule has 130 valence electrons. The van der Waals surface area contributed by atoms with E-state index >= 15 is 0 Å². The fraction of sp³-hybridized carbons (Fsp3) is 0.158. The minimum Gasteiger partial charge on any atom is -0.334 e. The van der Waals surface area contributed by atoms with Crippen LogP contribution in [0.3, 0.4) is 0 Å². The fourth-order valence-electron chi connectivity index (χ4n) is 2.81. The van der Waals surface area contributed by atoms with E-state index in [0.29, 0.717) is 5.82 Å². The summed E-state index contributed by atoms with van der Waals surface area (Å²) in [5, 5.41) is 7.13. The highest BCUT2D eigenvalue weighted by Gasteiger charge is 2.14. The Morgan fingerprint density at radius 3 is 2.73 bits per heavy atom. The summed E-state index contributed by atoms with van der Waals surface area (Å²) >= 11 is 0. The van der Waals surface area contributed by atoms with Gasteiger partial charge in [-0.25, -0.2) is 9.97 Å². The zero-order valence-corrected chi connectivity index (χ0v) is 14.5. The van der Waals surface area contributed by atoms with Crippen molar-refractivity contribution in [3.05, 3.63) is 60.6 Å². The van der Waals surface area contributed by atoms with Gasteiger partial charge in [-0.3, -0.25) is 9.48 Å². The first kappa shape index (κ1) is 16.0. The van der Waals surface area contributed by atoms with Gasteiger partial charge in [0.1, 0.15) is 5.82 Å². The van der Waals surface area contributed by atoms with E-state index in [2.05, 4.69) is 39.2 Å². The van der Waals surface area contributed by atoms with Crippen LogP contribution in [-0.2, 0) is 0 Å². The Morgan fingerprint density at radius 1 is 1.08 bits per heavy atom. The second-order valence-electron chi connectivity index (χ2n) is 6.22. The van der Waals surface area contributed by atoms with Crippen LogP contribution in [0.5, 0.6) is 0 Å². The second-order valence-corrected chi connectivity index (χ2v) is 6.22. The number of carbonyl (C=O) groups is 1. The van der Waals surface area contributed by atoms with Crippen LogP contribution in [0.25, 0.3) is 22.4 Å². The van der Waals surface area contributed by atoms with Crippen molar-refractivity contribution in [2.24, 2.45) is 0 Å². The van der Waals surface area contributed by atoms with Crippen LogP contribution in [-0.4, -0.2) is 30.6 Å². The summed E-state index contributed by atoms with van der Waals surface area (Å²) < 4.78 is 1.90. The lowest BCUT2D eigenvalue weighted by atomic mass is 10.2. The number of nitrogens with one attached hydrogen (secondary N) is 2. The summed E-state index contributed by atoms with van der Waals surface area (Å²) in [5.74, 6) is 0.387. The summed E-state index contributed by atoms with van der Waals surface area (Å²) in [6.07, 6.45) is 1.75. The number of aromatic amines is 1. The zero-order chi connectivity index (χ0) is 18.1. The topological polar surface area (TPSA) is 88.5 Å². The first-order valence-electron chi connectivity index (χ1n) is 8.39. The first-order chi connectivity index (χ1) is 12.6. The van der Waals surface area contributed by atoms with Gasteiger partial charge in [0.05, 0.1) is 22.4 Å². The standard InChI is InChI=1S/C19H18N6O/c1-12(2)25-16(10-11-20-25)15-8-5-9-17(21-15)24-19(26)18-22-13-6-3-4-7-14(13)23-18/h3-12H,1-2H3,(H,22,23)(H,21,24,26). The number of nitrogens with zero attached hydrogens (tertiary/aromatic N) is 4. The number of hydrogen-bond donors (Lipinski definition) is 2. The molecule has 0 fully saturated rings. The van der Waals surface area contributed by atoms with Crippen LogP contribution in [0, 0.1) is 0 Å². The molecule has 0 spiro atoms. The summed E-state index contributed by atoms with van der Waals surface area (Å²) in [7, 11) is 0. The zero-order valence-electron chi connectivity index (χ0n) is 14.5. The number of amides is 1. The van der Waals surface area contributed by atoms with Gasteiger partial charge in [0.25, 0.3) is 5.91 Å². The van der Waals surface area contributed by atoms with Gasteiger partial charge in [-0.15, -0.1) is 0 Å². The maximum absolute atomic E-state index is 12.5. The number of carbonyl (C=O) groups excluding carboxylic acids is 1. The highest BCUT2D eigenvalue weighted by molar-refractivity contribution is 6.03. The Labute approximate surface area is 150 Å². The highest BCUT2D eigenvalue weighted by Crippen LogP contribution is 2.21. The molecule has 7 nitrogen and oxygen atoms in total. The normalized spacial score (nSPS) is 11.2. The van der Waals surface area contributed by atoms with Crippen molar-refractivity contribution in [2.75, 3.05) is 5.32 Å². The Kier molecular flexibility index (Phi) is 3.96. The molecule has 0 unspecified atom stereocenters. The van der Waals surface area contributed by atoms with Gasteiger partial charge in [-0.2, -0.15) is 5.10 Å². The summed E-state index contributed by atoms with van der Waals surface area (Å²) in [5.41, 5.74) is 3.22. The molecule has 4 rings (SSSR count). The third-order valence-corrected chi connectivity index (χ3v) is 4.02. The number of hydrogen-bond acceptors (Lipinski definition) is 4. The second kappa shape index (κ2) is 6.44. The van der Waals surface area contributed by atoms with Gasteiger partial charge >= 0.3 is 0 Å². The van der Waals surface area contributed by atoms with Gasteiger partial charge in [0.2, 0.25) is 0 Å². The molecular formula is C19H18N6O.